The Kier molecular flexibility index (Phi) is 5.05. The van der Waals surface area contributed by atoms with Gasteiger partial charge in [0.05, 0.1) is 13.2 Å². The minimum Gasteiger partial charge on any atom is -0.494 e. The van der Waals surface area contributed by atoms with Gasteiger partial charge in [0.2, 0.25) is 0 Å². The lowest BCUT2D eigenvalue weighted by Crippen LogP contribution is -2.12. The van der Waals surface area contributed by atoms with Crippen LogP contribution in [0.4, 0.5) is 5.82 Å². The minimum atomic E-state index is 0.588. The number of hydrogen-bond acceptors (Lipinski definition) is 4. The topological polar surface area (TPSA) is 43.4 Å². The van der Waals surface area contributed by atoms with Crippen LogP contribution in [0.1, 0.15) is 6.92 Å². The summed E-state index contributed by atoms with van der Waals surface area (Å²) in [6.45, 7) is 3.94. The van der Waals surface area contributed by atoms with Crippen molar-refractivity contribution in [2.45, 2.75) is 6.92 Å². The second kappa shape index (κ2) is 7.26. The summed E-state index contributed by atoms with van der Waals surface area (Å²) < 4.78 is 11.0. The minimum absolute atomic E-state index is 0.588. The van der Waals surface area contributed by atoms with Crippen LogP contribution in [0.15, 0.2) is 48.7 Å². The van der Waals surface area contributed by atoms with Crippen LogP contribution in [0.3, 0.4) is 0 Å². The molecule has 2 rings (SSSR count). The molecule has 0 radical (unpaired) electrons. The van der Waals surface area contributed by atoms with Gasteiger partial charge in [0.25, 0.3) is 0 Å². The number of hydrogen-bond donors (Lipinski definition) is 1. The Morgan fingerprint density at radius 3 is 2.37 bits per heavy atom. The fourth-order valence-electron chi connectivity index (χ4n) is 1.61. The van der Waals surface area contributed by atoms with E-state index in [-0.39, 0.29) is 0 Å². The molecule has 0 aliphatic heterocycles. The van der Waals surface area contributed by atoms with Crippen molar-refractivity contribution in [3.63, 3.8) is 0 Å². The van der Waals surface area contributed by atoms with E-state index >= 15 is 0 Å². The van der Waals surface area contributed by atoms with Crippen LogP contribution in [0.25, 0.3) is 0 Å². The van der Waals surface area contributed by atoms with Gasteiger partial charge in [-0.2, -0.15) is 0 Å². The second-order valence-corrected chi connectivity index (χ2v) is 3.89. The summed E-state index contributed by atoms with van der Waals surface area (Å²) in [5.74, 6) is 2.56. The first-order valence-electron chi connectivity index (χ1n) is 6.39. The fraction of sp³-hybridized carbons (Fsp3) is 0.267. The third-order valence-electron chi connectivity index (χ3n) is 2.48. The van der Waals surface area contributed by atoms with Crippen molar-refractivity contribution in [3.05, 3.63) is 48.7 Å². The standard InChI is InChI=1S/C15H18N2O2/c1-2-18-13-6-8-14(9-7-13)19-12-11-17-15-5-3-4-10-16-15/h3-10H,2,11-12H2,1H3,(H,16,17). The molecule has 0 fully saturated rings. The number of aromatic nitrogens is 1. The highest BCUT2D eigenvalue weighted by Gasteiger charge is 1.96. The van der Waals surface area contributed by atoms with Crippen molar-refractivity contribution in [1.82, 2.24) is 4.98 Å². The molecule has 0 atom stereocenters. The summed E-state index contributed by atoms with van der Waals surface area (Å²) in [4.78, 5) is 4.17. The van der Waals surface area contributed by atoms with Crippen molar-refractivity contribution in [3.8, 4) is 11.5 Å². The smallest absolute Gasteiger partial charge is 0.125 e. The van der Waals surface area contributed by atoms with Gasteiger partial charge in [-0.25, -0.2) is 4.98 Å². The number of benzene rings is 1. The normalized spacial score (nSPS) is 9.95. The molecular formula is C15H18N2O2. The van der Waals surface area contributed by atoms with Crippen LogP contribution in [0.5, 0.6) is 11.5 Å². The number of nitrogens with one attached hydrogen (secondary N) is 1. The zero-order valence-corrected chi connectivity index (χ0v) is 11.0. The van der Waals surface area contributed by atoms with Gasteiger partial charge in [0.1, 0.15) is 23.9 Å². The average Bonchev–Trinajstić information content (AvgIpc) is 2.47. The summed E-state index contributed by atoms with van der Waals surface area (Å²) in [5, 5.41) is 3.19. The van der Waals surface area contributed by atoms with Gasteiger partial charge < -0.3 is 14.8 Å². The molecule has 0 unspecified atom stereocenters. The number of ether oxygens (including phenoxy) is 2. The zero-order valence-electron chi connectivity index (χ0n) is 11.0. The summed E-state index contributed by atoms with van der Waals surface area (Å²) in [7, 11) is 0. The molecular weight excluding hydrogens is 240 g/mol. The Hall–Kier alpha value is -2.23. The van der Waals surface area contributed by atoms with E-state index in [2.05, 4.69) is 10.3 Å². The average molecular weight is 258 g/mol. The maximum atomic E-state index is 5.62. The lowest BCUT2D eigenvalue weighted by molar-refractivity contribution is 0.326. The van der Waals surface area contributed by atoms with E-state index in [1.165, 1.54) is 0 Å². The number of anilines is 1. The molecule has 19 heavy (non-hydrogen) atoms. The second-order valence-electron chi connectivity index (χ2n) is 3.89. The van der Waals surface area contributed by atoms with Crippen LogP contribution in [-0.4, -0.2) is 24.7 Å². The van der Waals surface area contributed by atoms with Crippen LogP contribution in [0, 0.1) is 0 Å². The third kappa shape index (κ3) is 4.50. The SMILES string of the molecule is CCOc1ccc(OCCNc2ccccn2)cc1. The quantitative estimate of drug-likeness (QED) is 0.775. The molecule has 0 amide bonds. The first-order chi connectivity index (χ1) is 9.38. The predicted octanol–water partition coefficient (Wildman–Crippen LogP) is 2.97. The fourth-order valence-corrected chi connectivity index (χ4v) is 1.61. The Morgan fingerprint density at radius 1 is 1.00 bits per heavy atom. The molecule has 0 aliphatic carbocycles. The maximum Gasteiger partial charge on any atom is 0.125 e. The first kappa shape index (κ1) is 13.2. The first-order valence-corrected chi connectivity index (χ1v) is 6.39. The van der Waals surface area contributed by atoms with Gasteiger partial charge in [-0.05, 0) is 43.3 Å². The number of nitrogens with zero attached hydrogens (tertiary/aromatic N) is 1. The molecule has 0 saturated heterocycles. The highest BCUT2D eigenvalue weighted by atomic mass is 16.5. The zero-order chi connectivity index (χ0) is 13.3. The highest BCUT2D eigenvalue weighted by Crippen LogP contribution is 2.17. The van der Waals surface area contributed by atoms with Gasteiger partial charge in [0.15, 0.2) is 0 Å². The van der Waals surface area contributed by atoms with E-state index in [1.54, 1.807) is 6.20 Å². The molecule has 1 heterocycles. The molecule has 4 nitrogen and oxygen atoms in total. The van der Waals surface area contributed by atoms with Crippen LogP contribution in [0.2, 0.25) is 0 Å². The van der Waals surface area contributed by atoms with Crippen LogP contribution < -0.4 is 14.8 Å². The Bertz CT molecular complexity index is 471. The summed E-state index contributed by atoms with van der Waals surface area (Å²) in [6.07, 6.45) is 1.76. The molecule has 1 aromatic heterocycles. The van der Waals surface area contributed by atoms with E-state index in [9.17, 15) is 0 Å². The van der Waals surface area contributed by atoms with E-state index in [0.29, 0.717) is 19.8 Å². The molecule has 0 bridgehead atoms. The van der Waals surface area contributed by atoms with E-state index in [0.717, 1.165) is 17.3 Å². The molecule has 1 aromatic carbocycles. The molecule has 0 spiro atoms. The van der Waals surface area contributed by atoms with Crippen molar-refractivity contribution in [2.75, 3.05) is 25.1 Å². The maximum absolute atomic E-state index is 5.62. The Morgan fingerprint density at radius 2 is 1.74 bits per heavy atom. The highest BCUT2D eigenvalue weighted by molar-refractivity contribution is 5.33. The van der Waals surface area contributed by atoms with E-state index in [1.807, 2.05) is 49.4 Å². The molecule has 4 heteroatoms. The predicted molar refractivity (Wildman–Crippen MR) is 75.8 cm³/mol. The summed E-state index contributed by atoms with van der Waals surface area (Å²) in [6, 6.07) is 13.4. The van der Waals surface area contributed by atoms with Crippen LogP contribution >= 0.6 is 0 Å². The van der Waals surface area contributed by atoms with Gasteiger partial charge in [-0.15, -0.1) is 0 Å². The van der Waals surface area contributed by atoms with Crippen molar-refractivity contribution in [1.29, 1.82) is 0 Å². The lowest BCUT2D eigenvalue weighted by atomic mass is 10.3. The lowest BCUT2D eigenvalue weighted by Gasteiger charge is -2.08. The van der Waals surface area contributed by atoms with Gasteiger partial charge in [0, 0.05) is 6.20 Å². The number of rotatable bonds is 7. The van der Waals surface area contributed by atoms with Crippen molar-refractivity contribution in [2.24, 2.45) is 0 Å². The largest absolute Gasteiger partial charge is 0.494 e. The molecule has 100 valence electrons. The summed E-state index contributed by atoms with van der Waals surface area (Å²) in [5.41, 5.74) is 0. The van der Waals surface area contributed by atoms with Crippen LogP contribution in [-0.2, 0) is 0 Å². The van der Waals surface area contributed by atoms with Crippen molar-refractivity contribution < 1.29 is 9.47 Å². The molecule has 0 aliphatic rings. The molecule has 0 saturated carbocycles. The summed E-state index contributed by atoms with van der Waals surface area (Å²) >= 11 is 0. The van der Waals surface area contributed by atoms with Gasteiger partial charge in [-0.1, -0.05) is 6.07 Å². The Balaban J connectivity index is 1.70. The molecule has 2 aromatic rings. The Labute approximate surface area is 113 Å². The van der Waals surface area contributed by atoms with Crippen molar-refractivity contribution >= 4 is 5.82 Å². The molecule has 1 N–H and O–H groups in total. The monoisotopic (exact) mass is 258 g/mol. The third-order valence-corrected chi connectivity index (χ3v) is 2.48. The van der Waals surface area contributed by atoms with E-state index in [4.69, 9.17) is 9.47 Å². The van der Waals surface area contributed by atoms with E-state index < -0.39 is 0 Å². The van der Waals surface area contributed by atoms with Gasteiger partial charge >= 0.3 is 0 Å². The number of pyridine rings is 1. The van der Waals surface area contributed by atoms with Gasteiger partial charge in [-0.3, -0.25) is 0 Å².